The van der Waals surface area contributed by atoms with Crippen molar-refractivity contribution in [2.45, 2.75) is 133 Å². The van der Waals surface area contributed by atoms with E-state index in [4.69, 9.17) is 14.2 Å². The molecule has 5 aliphatic rings. The maximum atomic E-state index is 14.8. The van der Waals surface area contributed by atoms with Crippen LogP contribution in [0.15, 0.2) is 42.6 Å². The molecule has 3 N–H and O–H groups in total. The van der Waals surface area contributed by atoms with Gasteiger partial charge in [-0.25, -0.2) is 18.2 Å². The molecule has 0 unspecified atom stereocenters. The molecule has 55 heavy (non-hydrogen) atoms. The molecule has 2 aliphatic heterocycles. The van der Waals surface area contributed by atoms with Gasteiger partial charge in [0.2, 0.25) is 27.7 Å². The van der Waals surface area contributed by atoms with E-state index in [-0.39, 0.29) is 37.3 Å². The number of fused-ring (bicyclic) bond motifs is 3. The van der Waals surface area contributed by atoms with Gasteiger partial charge in [-0.15, -0.1) is 0 Å². The number of rotatable bonds is 8. The molecular formula is C40H53N5O9S. The van der Waals surface area contributed by atoms with Crippen molar-refractivity contribution in [3.63, 3.8) is 0 Å². The number of amides is 4. The lowest BCUT2D eigenvalue weighted by Gasteiger charge is -2.33. The van der Waals surface area contributed by atoms with Crippen molar-refractivity contribution < 1.29 is 41.8 Å². The summed E-state index contributed by atoms with van der Waals surface area (Å²) in [7, 11) is -3.90. The fourth-order valence-corrected chi connectivity index (χ4v) is 9.15. The first-order valence-corrected chi connectivity index (χ1v) is 21.1. The molecule has 1 aromatic carbocycles. The van der Waals surface area contributed by atoms with Crippen molar-refractivity contribution in [2.75, 3.05) is 6.54 Å². The normalized spacial score (nSPS) is 30.8. The molecule has 0 spiro atoms. The van der Waals surface area contributed by atoms with Crippen LogP contribution in [0.25, 0.3) is 10.8 Å². The van der Waals surface area contributed by atoms with Crippen LogP contribution in [0.2, 0.25) is 0 Å². The lowest BCUT2D eigenvalue weighted by atomic mass is 9.88. The Morgan fingerprint density at radius 1 is 0.982 bits per heavy atom. The number of hydrogen-bond acceptors (Lipinski definition) is 10. The zero-order valence-electron chi connectivity index (χ0n) is 32.2. The van der Waals surface area contributed by atoms with Crippen molar-refractivity contribution in [1.29, 1.82) is 0 Å². The highest BCUT2D eigenvalue weighted by Crippen LogP contribution is 2.46. The Morgan fingerprint density at radius 2 is 1.71 bits per heavy atom. The second-order valence-corrected chi connectivity index (χ2v) is 19.1. The maximum absolute atomic E-state index is 14.8. The average Bonchev–Trinajstić information content (AvgIpc) is 4.01. The van der Waals surface area contributed by atoms with Crippen molar-refractivity contribution in [2.24, 2.45) is 17.8 Å². The topological polar surface area (TPSA) is 182 Å². The molecule has 7 rings (SSSR count). The predicted molar refractivity (Wildman–Crippen MR) is 203 cm³/mol. The van der Waals surface area contributed by atoms with E-state index in [1.54, 1.807) is 27.0 Å². The zero-order valence-corrected chi connectivity index (χ0v) is 33.0. The molecule has 14 nitrogen and oxygen atoms in total. The van der Waals surface area contributed by atoms with E-state index in [0.717, 1.165) is 24.6 Å². The molecular weight excluding hydrogens is 727 g/mol. The fraction of sp³-hybridized carbons (Fsp3) is 0.625. The Labute approximate surface area is 322 Å². The minimum absolute atomic E-state index is 0.0133. The fourth-order valence-electron chi connectivity index (χ4n) is 7.78. The van der Waals surface area contributed by atoms with Gasteiger partial charge in [-0.1, -0.05) is 44.2 Å². The summed E-state index contributed by atoms with van der Waals surface area (Å²) in [5, 5.41) is 6.64. The van der Waals surface area contributed by atoms with Crippen LogP contribution in [0.4, 0.5) is 4.79 Å². The third-order valence-corrected chi connectivity index (χ3v) is 12.9. The number of alkyl carbamates (subject to hydrolysis) is 1. The Hall–Kier alpha value is -4.40. The van der Waals surface area contributed by atoms with Gasteiger partial charge in [-0.2, -0.15) is 0 Å². The average molecular weight is 780 g/mol. The van der Waals surface area contributed by atoms with Gasteiger partial charge < -0.3 is 29.7 Å². The third kappa shape index (κ3) is 8.86. The maximum Gasteiger partial charge on any atom is 0.408 e. The van der Waals surface area contributed by atoms with Gasteiger partial charge in [-0.05, 0) is 90.0 Å². The highest BCUT2D eigenvalue weighted by atomic mass is 32.2. The summed E-state index contributed by atoms with van der Waals surface area (Å²) < 4.78 is 46.2. The van der Waals surface area contributed by atoms with Crippen molar-refractivity contribution >= 4 is 44.6 Å². The van der Waals surface area contributed by atoms with Crippen LogP contribution in [0.3, 0.4) is 0 Å². The molecule has 7 atom stereocenters. The van der Waals surface area contributed by atoms with Gasteiger partial charge >= 0.3 is 6.09 Å². The van der Waals surface area contributed by atoms with Crippen LogP contribution in [-0.4, -0.2) is 89.3 Å². The molecule has 1 aromatic heterocycles. The van der Waals surface area contributed by atoms with E-state index in [1.807, 2.05) is 43.3 Å². The minimum atomic E-state index is -3.90. The van der Waals surface area contributed by atoms with Gasteiger partial charge in [0, 0.05) is 23.1 Å². The van der Waals surface area contributed by atoms with Gasteiger partial charge in [0.05, 0.1) is 24.1 Å². The summed E-state index contributed by atoms with van der Waals surface area (Å²) >= 11 is 0. The van der Waals surface area contributed by atoms with Crippen molar-refractivity contribution in [3.05, 3.63) is 42.6 Å². The number of ether oxygens (including phenoxy) is 3. The number of carbonyl (C=O) groups is 4. The predicted octanol–water partition coefficient (Wildman–Crippen LogP) is 4.51. The molecule has 15 heteroatoms. The van der Waals surface area contributed by atoms with Crippen LogP contribution in [0, 0.1) is 17.8 Å². The third-order valence-electron chi connectivity index (χ3n) is 11.1. The number of pyridine rings is 1. The lowest BCUT2D eigenvalue weighted by molar-refractivity contribution is -0.142. The standard InChI is InChI=1S/C40H53N5O9S/c1-23-10-6-7-11-25-20-40(25,37(48)44-55(50,51)28-16-17-28)43-34(46)31-19-27(22-45(31)36(47)33(24(2)18-23)42-38(49)54-39(3,4)5)53-35-30-13-9-8-12-29(30)32(21-41-35)52-26-14-15-26/h7-9,11-13,21,23-28,31,33H,6,10,14-20,22H2,1-5H3,(H,42,49)(H,43,46)(H,44,48)/b11-7-/t23-,24-,25-,27-,31+,33+,40-/m1/s1. The van der Waals surface area contributed by atoms with Crippen LogP contribution in [0.1, 0.15) is 92.4 Å². The Kier molecular flexibility index (Phi) is 10.5. The number of benzene rings is 1. The molecule has 0 radical (unpaired) electrons. The molecule has 298 valence electrons. The summed E-state index contributed by atoms with van der Waals surface area (Å²) in [6.07, 6.45) is 9.42. The van der Waals surface area contributed by atoms with Crippen LogP contribution >= 0.6 is 0 Å². The first-order valence-electron chi connectivity index (χ1n) is 19.6. The van der Waals surface area contributed by atoms with E-state index < -0.39 is 74.3 Å². The van der Waals surface area contributed by atoms with E-state index in [1.165, 1.54) is 4.90 Å². The second kappa shape index (κ2) is 14.9. The summed E-state index contributed by atoms with van der Waals surface area (Å²) in [4.78, 5) is 62.3. The minimum Gasteiger partial charge on any atom is -0.488 e. The van der Waals surface area contributed by atoms with Crippen molar-refractivity contribution in [3.8, 4) is 11.6 Å². The summed E-state index contributed by atoms with van der Waals surface area (Å²) in [6.45, 7) is 9.19. The smallest absolute Gasteiger partial charge is 0.408 e. The SMILES string of the molecule is C[C@@H]1CC/C=C\[C@@H]2C[C@@]2(C(=O)NS(=O)(=O)C2CC2)NC(=O)[C@@H]2C[C@@H](Oc3ncc(OC4CC4)c4ccccc34)CN2C(=O)[C@@H](NC(=O)OC(C)(C)C)[C@H](C)C1. The molecule has 2 aromatic rings. The molecule has 1 saturated heterocycles. The molecule has 3 heterocycles. The Morgan fingerprint density at radius 3 is 2.40 bits per heavy atom. The quantitative estimate of drug-likeness (QED) is 0.323. The van der Waals surface area contributed by atoms with Gasteiger partial charge in [0.1, 0.15) is 35.1 Å². The number of nitrogens with one attached hydrogen (secondary N) is 3. The van der Waals surface area contributed by atoms with E-state index in [9.17, 15) is 27.6 Å². The second-order valence-electron chi connectivity index (χ2n) is 17.2. The Balaban J connectivity index is 1.21. The monoisotopic (exact) mass is 779 g/mol. The first kappa shape index (κ1) is 38.9. The van der Waals surface area contributed by atoms with Crippen LogP contribution in [-0.2, 0) is 29.1 Å². The van der Waals surface area contributed by atoms with Gasteiger partial charge in [0.15, 0.2) is 0 Å². The van der Waals surface area contributed by atoms with Crippen LogP contribution < -0.4 is 24.8 Å². The summed E-state index contributed by atoms with van der Waals surface area (Å²) in [6, 6.07) is 5.43. The first-order chi connectivity index (χ1) is 26.0. The largest absolute Gasteiger partial charge is 0.488 e. The Bertz CT molecular complexity index is 1970. The number of hydrogen-bond donors (Lipinski definition) is 3. The molecule has 4 amide bonds. The number of sulfonamides is 1. The highest BCUT2D eigenvalue weighted by molar-refractivity contribution is 7.91. The number of nitrogens with zero attached hydrogens (tertiary/aromatic N) is 2. The summed E-state index contributed by atoms with van der Waals surface area (Å²) in [5.41, 5.74) is -2.33. The molecule has 3 aliphatic carbocycles. The molecule has 4 fully saturated rings. The number of carbonyl (C=O) groups excluding carboxylic acids is 4. The van der Waals surface area contributed by atoms with Crippen LogP contribution in [0.5, 0.6) is 11.6 Å². The molecule has 3 saturated carbocycles. The van der Waals surface area contributed by atoms with E-state index in [0.29, 0.717) is 42.7 Å². The van der Waals surface area contributed by atoms with Gasteiger partial charge in [0.25, 0.3) is 5.91 Å². The summed E-state index contributed by atoms with van der Waals surface area (Å²) in [5.74, 6) is -1.53. The lowest BCUT2D eigenvalue weighted by Crippen LogP contribution is -2.59. The van der Waals surface area contributed by atoms with E-state index in [2.05, 4.69) is 27.3 Å². The molecule has 0 bridgehead atoms. The zero-order chi connectivity index (χ0) is 39.3. The van der Waals surface area contributed by atoms with E-state index >= 15 is 0 Å². The number of aromatic nitrogens is 1. The van der Waals surface area contributed by atoms with Crippen molar-refractivity contribution in [1.82, 2.24) is 25.2 Å². The number of allylic oxidation sites excluding steroid dienone is 1. The van der Waals surface area contributed by atoms with Gasteiger partial charge in [-0.3, -0.25) is 19.1 Å². The highest BCUT2D eigenvalue weighted by Gasteiger charge is 2.62.